The number of esters is 1. The molecule has 2 aliphatic rings. The number of hydrogen-bond donors (Lipinski definition) is 0. The highest BCUT2D eigenvalue weighted by atomic mass is 28.4. The van der Waals surface area contributed by atoms with E-state index in [1.807, 2.05) is 0 Å². The van der Waals surface area contributed by atoms with Crippen molar-refractivity contribution in [3.63, 3.8) is 0 Å². The molecule has 0 radical (unpaired) electrons. The number of hydrogen-bond acceptors (Lipinski definition) is 6. The minimum Gasteiger partial charge on any atom is -0.469 e. The first-order valence-corrected chi connectivity index (χ1v) is 13.6. The lowest BCUT2D eigenvalue weighted by molar-refractivity contribution is -0.185. The molecule has 1 aliphatic heterocycles. The Morgan fingerprint density at radius 1 is 1.21 bits per heavy atom. The van der Waals surface area contributed by atoms with Gasteiger partial charge < -0.3 is 23.4 Å². The maximum atomic E-state index is 12.1. The lowest BCUT2D eigenvalue weighted by Gasteiger charge is -2.40. The summed E-state index contributed by atoms with van der Waals surface area (Å²) in [5.41, 5.74) is 0. The minimum atomic E-state index is -2.00. The van der Waals surface area contributed by atoms with E-state index in [9.17, 15) is 9.59 Å². The van der Waals surface area contributed by atoms with Crippen molar-refractivity contribution in [2.45, 2.75) is 82.9 Å². The minimum absolute atomic E-state index is 0.0246. The molecule has 0 N–H and O–H groups in total. The van der Waals surface area contributed by atoms with E-state index in [2.05, 4.69) is 50.8 Å². The fourth-order valence-corrected chi connectivity index (χ4v) is 5.30. The Morgan fingerprint density at radius 2 is 1.86 bits per heavy atom. The molecule has 166 valence electrons. The first-order valence-electron chi connectivity index (χ1n) is 10.7. The highest BCUT2D eigenvalue weighted by Crippen LogP contribution is 2.50. The van der Waals surface area contributed by atoms with Crippen LogP contribution in [0.25, 0.3) is 0 Å². The van der Waals surface area contributed by atoms with E-state index >= 15 is 0 Å². The zero-order chi connectivity index (χ0) is 21.7. The van der Waals surface area contributed by atoms with Gasteiger partial charge in [0, 0.05) is 18.8 Å². The van der Waals surface area contributed by atoms with Crippen LogP contribution in [0.3, 0.4) is 0 Å². The summed E-state index contributed by atoms with van der Waals surface area (Å²) in [5.74, 6) is -1.33. The van der Waals surface area contributed by atoms with Crippen LogP contribution in [-0.2, 0) is 28.2 Å². The lowest BCUT2D eigenvalue weighted by Crippen LogP contribution is -2.45. The molecule has 7 heteroatoms. The molecule has 0 unspecified atom stereocenters. The molecule has 0 aromatic rings. The van der Waals surface area contributed by atoms with E-state index in [0.29, 0.717) is 26.1 Å². The van der Waals surface area contributed by atoms with Crippen LogP contribution in [0.15, 0.2) is 12.2 Å². The normalized spacial score (nSPS) is 27.0. The fraction of sp³-hybridized carbons (Fsp3) is 0.818. The van der Waals surface area contributed by atoms with Gasteiger partial charge in [0.05, 0.1) is 32.3 Å². The maximum Gasteiger partial charge on any atom is 0.305 e. The standard InChI is InChI=1S/C22H38O6Si/c1-21(2,3)29(5,6)28-19-15-22(26-13-14-27-22)18(16-23)17(19)11-9-7-8-10-12-20(24)25-4/h7,9,16-19H,8,10-15H2,1-6H3/b9-7-/t17-,18-,19+/m1/s1. The average molecular weight is 427 g/mol. The summed E-state index contributed by atoms with van der Waals surface area (Å²) in [5, 5.41) is 0.0884. The topological polar surface area (TPSA) is 71.1 Å². The summed E-state index contributed by atoms with van der Waals surface area (Å²) in [6, 6.07) is 0. The number of rotatable bonds is 9. The predicted octanol–water partition coefficient (Wildman–Crippen LogP) is 4.24. The number of methoxy groups -OCH3 is 1. The number of allylic oxidation sites excluding steroid dienone is 2. The summed E-state index contributed by atoms with van der Waals surface area (Å²) >= 11 is 0. The van der Waals surface area contributed by atoms with E-state index in [1.54, 1.807) is 0 Å². The monoisotopic (exact) mass is 426 g/mol. The maximum absolute atomic E-state index is 12.1. The Balaban J connectivity index is 2.08. The number of carbonyl (C=O) groups is 2. The molecular formula is C22H38O6Si. The van der Waals surface area contributed by atoms with Crippen LogP contribution in [0.1, 0.15) is 52.9 Å². The molecule has 0 amide bonds. The zero-order valence-electron chi connectivity index (χ0n) is 18.9. The molecule has 2 rings (SSSR count). The average Bonchev–Trinajstić information content (AvgIpc) is 3.21. The Morgan fingerprint density at radius 3 is 2.41 bits per heavy atom. The van der Waals surface area contributed by atoms with E-state index in [-0.39, 0.29) is 28.9 Å². The van der Waals surface area contributed by atoms with Crippen LogP contribution in [0.2, 0.25) is 18.1 Å². The quantitative estimate of drug-likeness (QED) is 0.180. The third kappa shape index (κ3) is 5.78. The Kier molecular flexibility index (Phi) is 8.24. The van der Waals surface area contributed by atoms with Gasteiger partial charge in [0.15, 0.2) is 14.1 Å². The summed E-state index contributed by atoms with van der Waals surface area (Å²) in [7, 11) is -0.595. The summed E-state index contributed by atoms with van der Waals surface area (Å²) in [4.78, 5) is 23.3. The zero-order valence-corrected chi connectivity index (χ0v) is 19.9. The van der Waals surface area contributed by atoms with Gasteiger partial charge in [-0.2, -0.15) is 0 Å². The van der Waals surface area contributed by atoms with Crippen molar-refractivity contribution < 1.29 is 28.2 Å². The highest BCUT2D eigenvalue weighted by Gasteiger charge is 2.58. The second kappa shape index (κ2) is 9.86. The van der Waals surface area contributed by atoms with E-state index in [4.69, 9.17) is 13.9 Å². The first-order chi connectivity index (χ1) is 13.6. The van der Waals surface area contributed by atoms with Crippen molar-refractivity contribution in [2.75, 3.05) is 20.3 Å². The molecule has 0 aromatic heterocycles. The largest absolute Gasteiger partial charge is 0.469 e. The SMILES string of the molecule is COC(=O)CCC/C=C\C[C@H]1[C@@H](O[Si](C)(C)C(C)(C)C)CC2(OCCO2)[C@@H]1C=O. The van der Waals surface area contributed by atoms with Gasteiger partial charge in [0.1, 0.15) is 6.29 Å². The first kappa shape index (κ1) is 24.2. The number of aldehydes is 1. The van der Waals surface area contributed by atoms with Crippen molar-refractivity contribution in [2.24, 2.45) is 11.8 Å². The summed E-state index contributed by atoms with van der Waals surface area (Å²) in [6.07, 6.45) is 8.43. The number of ether oxygens (including phenoxy) is 3. The van der Waals surface area contributed by atoms with Crippen molar-refractivity contribution in [1.29, 1.82) is 0 Å². The van der Waals surface area contributed by atoms with Crippen LogP contribution in [0.4, 0.5) is 0 Å². The van der Waals surface area contributed by atoms with Crippen LogP contribution in [-0.4, -0.2) is 52.8 Å². The predicted molar refractivity (Wildman–Crippen MR) is 114 cm³/mol. The molecule has 2 fully saturated rings. The van der Waals surface area contributed by atoms with Crippen LogP contribution < -0.4 is 0 Å². The summed E-state index contributed by atoms with van der Waals surface area (Å²) in [6.45, 7) is 12.2. The molecule has 0 bridgehead atoms. The molecule has 0 aromatic carbocycles. The van der Waals surface area contributed by atoms with Crippen molar-refractivity contribution in [3.05, 3.63) is 12.2 Å². The van der Waals surface area contributed by atoms with Crippen molar-refractivity contribution >= 4 is 20.6 Å². The molecule has 1 heterocycles. The van der Waals surface area contributed by atoms with Gasteiger partial charge in [0.25, 0.3) is 0 Å². The molecule has 1 saturated heterocycles. The summed E-state index contributed by atoms with van der Waals surface area (Å²) < 4.78 is 23.3. The smallest absolute Gasteiger partial charge is 0.305 e. The van der Waals surface area contributed by atoms with E-state index < -0.39 is 14.1 Å². The molecule has 6 nitrogen and oxygen atoms in total. The van der Waals surface area contributed by atoms with E-state index in [1.165, 1.54) is 7.11 Å². The third-order valence-corrected chi connectivity index (χ3v) is 11.2. The molecular weight excluding hydrogens is 388 g/mol. The van der Waals surface area contributed by atoms with Gasteiger partial charge >= 0.3 is 5.97 Å². The molecule has 1 saturated carbocycles. The Labute approximate surface area is 176 Å². The van der Waals surface area contributed by atoms with Gasteiger partial charge in [-0.3, -0.25) is 4.79 Å². The van der Waals surface area contributed by atoms with Crippen LogP contribution in [0.5, 0.6) is 0 Å². The fourth-order valence-electron chi connectivity index (χ4n) is 3.93. The van der Waals surface area contributed by atoms with Gasteiger partial charge in [-0.25, -0.2) is 0 Å². The Hall–Kier alpha value is -1.02. The van der Waals surface area contributed by atoms with Gasteiger partial charge in [0.2, 0.25) is 0 Å². The van der Waals surface area contributed by atoms with Crippen molar-refractivity contribution in [1.82, 2.24) is 0 Å². The van der Waals surface area contributed by atoms with Gasteiger partial charge in [-0.1, -0.05) is 32.9 Å². The molecule has 3 atom stereocenters. The third-order valence-electron chi connectivity index (χ3n) is 6.66. The second-order valence-corrected chi connectivity index (χ2v) is 14.4. The Bertz CT molecular complexity index is 589. The highest BCUT2D eigenvalue weighted by molar-refractivity contribution is 6.74. The molecule has 1 aliphatic carbocycles. The van der Waals surface area contributed by atoms with Crippen LogP contribution in [0, 0.1) is 11.8 Å². The van der Waals surface area contributed by atoms with Gasteiger partial charge in [-0.15, -0.1) is 0 Å². The number of carbonyl (C=O) groups excluding carboxylic acids is 2. The molecule has 29 heavy (non-hydrogen) atoms. The van der Waals surface area contributed by atoms with Gasteiger partial charge in [-0.05, 0) is 37.4 Å². The van der Waals surface area contributed by atoms with Crippen molar-refractivity contribution in [3.8, 4) is 0 Å². The number of unbranched alkanes of at least 4 members (excludes halogenated alkanes) is 1. The lowest BCUT2D eigenvalue weighted by atomic mass is 9.90. The van der Waals surface area contributed by atoms with Crippen LogP contribution >= 0.6 is 0 Å². The molecule has 1 spiro atoms. The second-order valence-electron chi connectivity index (χ2n) is 9.63. The van der Waals surface area contributed by atoms with E-state index in [0.717, 1.165) is 25.5 Å².